The first-order valence-corrected chi connectivity index (χ1v) is 6.22. The number of fused-ring (bicyclic) bond motifs is 3. The second-order valence-corrected chi connectivity index (χ2v) is 4.94. The summed E-state index contributed by atoms with van der Waals surface area (Å²) >= 11 is 5.92. The number of rotatable bonds is 0. The van der Waals surface area contributed by atoms with Crippen molar-refractivity contribution >= 4 is 23.1 Å². The van der Waals surface area contributed by atoms with Crippen LogP contribution in [0.15, 0.2) is 12.3 Å². The van der Waals surface area contributed by atoms with Gasteiger partial charge in [0.15, 0.2) is 5.78 Å². The Hall–Kier alpha value is -1.20. The molecule has 3 rings (SSSR count). The number of pyridine rings is 1. The second kappa shape index (κ2) is 4.48. The van der Waals surface area contributed by atoms with Gasteiger partial charge in [0.25, 0.3) is 0 Å². The van der Waals surface area contributed by atoms with Gasteiger partial charge in [0, 0.05) is 19.2 Å². The van der Waals surface area contributed by atoms with E-state index in [-0.39, 0.29) is 12.2 Å². The number of morpholine rings is 1. The summed E-state index contributed by atoms with van der Waals surface area (Å²) in [5.74, 6) is -0.274. The molecule has 0 spiro atoms. The van der Waals surface area contributed by atoms with Crippen LogP contribution in [0, 0.1) is 0 Å². The molecule has 4 nitrogen and oxygen atoms in total. The van der Waals surface area contributed by atoms with Gasteiger partial charge in [-0.3, -0.25) is 4.79 Å². The fraction of sp³-hybridized carbons (Fsp3) is 0.500. The summed E-state index contributed by atoms with van der Waals surface area (Å²) in [6.45, 7) is 1.36. The molecule has 2 unspecified atom stereocenters. The zero-order chi connectivity index (χ0) is 12.7. The lowest BCUT2D eigenvalue weighted by Gasteiger charge is -2.37. The molecular formula is C12H12ClFN2O2. The molecule has 1 saturated heterocycles. The molecule has 0 aromatic carbocycles. The van der Waals surface area contributed by atoms with E-state index in [9.17, 15) is 9.18 Å². The fourth-order valence-corrected chi connectivity index (χ4v) is 2.65. The maximum atomic E-state index is 14.1. The van der Waals surface area contributed by atoms with Crippen molar-refractivity contribution in [2.24, 2.45) is 0 Å². The molecule has 0 bridgehead atoms. The highest BCUT2D eigenvalue weighted by atomic mass is 35.5. The smallest absolute Gasteiger partial charge is 0.186 e. The van der Waals surface area contributed by atoms with E-state index in [0.717, 1.165) is 0 Å². The van der Waals surface area contributed by atoms with Crippen LogP contribution >= 0.6 is 11.6 Å². The number of ether oxygens (including phenoxy) is 1. The van der Waals surface area contributed by atoms with E-state index in [4.69, 9.17) is 16.3 Å². The number of Topliss-reactive ketones (excluding diaryl/α,β-unsaturated/α-hetero) is 1. The molecule has 1 fully saturated rings. The number of anilines is 1. The third-order valence-corrected chi connectivity index (χ3v) is 3.58. The molecule has 2 aliphatic heterocycles. The number of hydrogen-bond acceptors (Lipinski definition) is 4. The lowest BCUT2D eigenvalue weighted by atomic mass is 10.1. The van der Waals surface area contributed by atoms with Gasteiger partial charge in [-0.2, -0.15) is 0 Å². The van der Waals surface area contributed by atoms with Crippen molar-refractivity contribution in [3.05, 3.63) is 23.0 Å². The van der Waals surface area contributed by atoms with Gasteiger partial charge in [0.05, 0.1) is 30.0 Å². The summed E-state index contributed by atoms with van der Waals surface area (Å²) in [5, 5.41) is 0.448. The largest absolute Gasteiger partial charge is 0.377 e. The highest BCUT2D eigenvalue weighted by Crippen LogP contribution is 2.32. The molecule has 1 aromatic rings. The van der Waals surface area contributed by atoms with Crippen molar-refractivity contribution in [2.45, 2.75) is 18.6 Å². The summed E-state index contributed by atoms with van der Waals surface area (Å²) in [4.78, 5) is 17.9. The summed E-state index contributed by atoms with van der Waals surface area (Å²) < 4.78 is 19.4. The van der Waals surface area contributed by atoms with Crippen LogP contribution in [-0.2, 0) is 4.74 Å². The Kier molecular flexibility index (Phi) is 2.95. The molecule has 6 heteroatoms. The molecule has 0 saturated carbocycles. The Labute approximate surface area is 109 Å². The van der Waals surface area contributed by atoms with Gasteiger partial charge in [-0.1, -0.05) is 11.6 Å². The van der Waals surface area contributed by atoms with Gasteiger partial charge in [0.2, 0.25) is 0 Å². The second-order valence-electron chi connectivity index (χ2n) is 4.50. The molecule has 0 N–H and O–H groups in total. The third kappa shape index (κ3) is 1.87. The molecule has 2 aliphatic rings. The van der Waals surface area contributed by atoms with Crippen LogP contribution in [0.2, 0.25) is 5.02 Å². The summed E-state index contributed by atoms with van der Waals surface area (Å²) in [7, 11) is 0. The SMILES string of the molecule is O=C1CC(F)C2COCCN2c2cc(Cl)cnc21. The maximum Gasteiger partial charge on any atom is 0.186 e. The van der Waals surface area contributed by atoms with Crippen molar-refractivity contribution in [3.8, 4) is 0 Å². The van der Waals surface area contributed by atoms with Gasteiger partial charge in [-0.15, -0.1) is 0 Å². The Bertz CT molecular complexity index is 497. The van der Waals surface area contributed by atoms with Crippen molar-refractivity contribution in [3.63, 3.8) is 0 Å². The van der Waals surface area contributed by atoms with E-state index in [1.165, 1.54) is 6.20 Å². The molecule has 2 atom stereocenters. The monoisotopic (exact) mass is 270 g/mol. The van der Waals surface area contributed by atoms with Gasteiger partial charge in [0.1, 0.15) is 11.9 Å². The highest BCUT2D eigenvalue weighted by molar-refractivity contribution is 6.30. The van der Waals surface area contributed by atoms with E-state index < -0.39 is 12.2 Å². The fourth-order valence-electron chi connectivity index (χ4n) is 2.49. The first kappa shape index (κ1) is 11.9. The number of carbonyl (C=O) groups is 1. The quantitative estimate of drug-likeness (QED) is 0.722. The van der Waals surface area contributed by atoms with E-state index in [1.54, 1.807) is 6.07 Å². The zero-order valence-corrected chi connectivity index (χ0v) is 10.4. The van der Waals surface area contributed by atoms with Crippen molar-refractivity contribution in [1.29, 1.82) is 0 Å². The van der Waals surface area contributed by atoms with Crippen LogP contribution in [-0.4, -0.2) is 42.7 Å². The van der Waals surface area contributed by atoms with Crippen LogP contribution in [0.5, 0.6) is 0 Å². The van der Waals surface area contributed by atoms with Crippen LogP contribution < -0.4 is 4.90 Å². The molecule has 0 radical (unpaired) electrons. The van der Waals surface area contributed by atoms with Crippen LogP contribution in [0.1, 0.15) is 16.9 Å². The van der Waals surface area contributed by atoms with Crippen molar-refractivity contribution in [1.82, 2.24) is 4.98 Å². The summed E-state index contributed by atoms with van der Waals surface area (Å²) in [5.41, 5.74) is 0.937. The molecule has 1 aromatic heterocycles. The van der Waals surface area contributed by atoms with Crippen LogP contribution in [0.4, 0.5) is 10.1 Å². The molecular weight excluding hydrogens is 259 g/mol. The number of ketones is 1. The summed E-state index contributed by atoms with van der Waals surface area (Å²) in [6, 6.07) is 1.25. The van der Waals surface area contributed by atoms with E-state index in [1.807, 2.05) is 4.90 Å². The molecule has 3 heterocycles. The first-order valence-electron chi connectivity index (χ1n) is 5.84. The third-order valence-electron chi connectivity index (χ3n) is 3.37. The number of aromatic nitrogens is 1. The van der Waals surface area contributed by atoms with Crippen LogP contribution in [0.25, 0.3) is 0 Å². The number of carbonyl (C=O) groups excluding carboxylic acids is 1. The predicted molar refractivity (Wildman–Crippen MR) is 65.0 cm³/mol. The minimum absolute atomic E-state index is 0.147. The average Bonchev–Trinajstić information content (AvgIpc) is 2.47. The maximum absolute atomic E-state index is 14.1. The Morgan fingerprint density at radius 3 is 3.22 bits per heavy atom. The normalized spacial score (nSPS) is 27.4. The molecule has 0 amide bonds. The summed E-state index contributed by atoms with van der Waals surface area (Å²) in [6.07, 6.45) is 0.0455. The first-order chi connectivity index (χ1) is 8.66. The standard InChI is InChI=1S/C12H12ClFN2O2/c13-7-3-9-12(15-5-7)11(17)4-8(14)10-6-18-2-1-16(9)10/h3,5,8,10H,1-2,4,6H2. The average molecular weight is 271 g/mol. The van der Waals surface area contributed by atoms with Gasteiger partial charge in [-0.05, 0) is 6.07 Å². The predicted octanol–water partition coefficient (Wildman–Crippen LogP) is 1.86. The van der Waals surface area contributed by atoms with Gasteiger partial charge in [-0.25, -0.2) is 9.37 Å². The van der Waals surface area contributed by atoms with Crippen LogP contribution in [0.3, 0.4) is 0 Å². The molecule has 18 heavy (non-hydrogen) atoms. The van der Waals surface area contributed by atoms with E-state index >= 15 is 0 Å². The van der Waals surface area contributed by atoms with E-state index in [0.29, 0.717) is 36.2 Å². The van der Waals surface area contributed by atoms with Gasteiger partial charge >= 0.3 is 0 Å². The highest BCUT2D eigenvalue weighted by Gasteiger charge is 2.38. The number of nitrogens with zero attached hydrogens (tertiary/aromatic N) is 2. The lowest BCUT2D eigenvalue weighted by molar-refractivity contribution is 0.0624. The molecule has 0 aliphatic carbocycles. The van der Waals surface area contributed by atoms with E-state index in [2.05, 4.69) is 4.98 Å². The zero-order valence-electron chi connectivity index (χ0n) is 9.60. The number of alkyl halides is 1. The topological polar surface area (TPSA) is 42.4 Å². The lowest BCUT2D eigenvalue weighted by Crippen LogP contribution is -2.50. The number of hydrogen-bond donors (Lipinski definition) is 0. The Morgan fingerprint density at radius 1 is 1.56 bits per heavy atom. The number of halogens is 2. The minimum Gasteiger partial charge on any atom is -0.377 e. The Balaban J connectivity index is 2.11. The van der Waals surface area contributed by atoms with Gasteiger partial charge < -0.3 is 9.64 Å². The Morgan fingerprint density at radius 2 is 2.39 bits per heavy atom. The van der Waals surface area contributed by atoms with Crippen molar-refractivity contribution < 1.29 is 13.9 Å². The van der Waals surface area contributed by atoms with Crippen molar-refractivity contribution in [2.75, 3.05) is 24.7 Å². The molecule has 96 valence electrons. The minimum atomic E-state index is -1.23.